The monoisotopic (exact) mass is 331 g/mol. The molecule has 114 valence electrons. The highest BCUT2D eigenvalue weighted by atomic mass is 35.5. The minimum atomic E-state index is -0.948. The first-order chi connectivity index (χ1) is 9.90. The second-order valence-corrected chi connectivity index (χ2v) is 5.93. The number of carboxylic acid groups (broad SMARTS) is 1. The summed E-state index contributed by atoms with van der Waals surface area (Å²) in [5, 5.41) is 21.3. The molecule has 2 atom stereocenters. The van der Waals surface area contributed by atoms with E-state index in [1.807, 2.05) is 0 Å². The van der Waals surface area contributed by atoms with E-state index in [4.69, 9.17) is 23.2 Å². The Balaban J connectivity index is 2.15. The van der Waals surface area contributed by atoms with Crippen LogP contribution in [0.5, 0.6) is 5.75 Å². The Hall–Kier alpha value is -1.46. The highest BCUT2D eigenvalue weighted by Gasteiger charge is 2.35. The number of carbonyl (C=O) groups is 2. The van der Waals surface area contributed by atoms with Gasteiger partial charge in [-0.1, -0.05) is 36.0 Å². The summed E-state index contributed by atoms with van der Waals surface area (Å²) in [7, 11) is 0. The van der Waals surface area contributed by atoms with E-state index in [2.05, 4.69) is 5.32 Å². The predicted molar refractivity (Wildman–Crippen MR) is 79.8 cm³/mol. The SMILES string of the molecule is O=C(O)C1CCCCC1C(=O)Nc1cc(Cl)c(O)c(Cl)c1. The molecule has 1 fully saturated rings. The number of hydrogen-bond acceptors (Lipinski definition) is 3. The van der Waals surface area contributed by atoms with Crippen LogP contribution in [0.3, 0.4) is 0 Å². The van der Waals surface area contributed by atoms with Crippen molar-refractivity contribution in [3.63, 3.8) is 0 Å². The molecule has 7 heteroatoms. The third-order valence-corrected chi connectivity index (χ3v) is 4.28. The number of aliphatic carboxylic acids is 1. The van der Waals surface area contributed by atoms with Gasteiger partial charge in [-0.3, -0.25) is 9.59 Å². The zero-order chi connectivity index (χ0) is 15.6. The van der Waals surface area contributed by atoms with Gasteiger partial charge < -0.3 is 15.5 Å². The molecule has 0 heterocycles. The number of benzene rings is 1. The Morgan fingerprint density at radius 3 is 2.14 bits per heavy atom. The molecule has 0 aromatic heterocycles. The minimum absolute atomic E-state index is 0.0243. The summed E-state index contributed by atoms with van der Waals surface area (Å²) in [6, 6.07) is 2.75. The number of rotatable bonds is 3. The highest BCUT2D eigenvalue weighted by molar-refractivity contribution is 6.37. The molecule has 2 unspecified atom stereocenters. The molecule has 1 aromatic rings. The van der Waals surface area contributed by atoms with E-state index < -0.39 is 17.8 Å². The Labute approximate surface area is 131 Å². The van der Waals surface area contributed by atoms with Crippen LogP contribution in [0, 0.1) is 11.8 Å². The topological polar surface area (TPSA) is 86.6 Å². The standard InChI is InChI=1S/C14H15Cl2NO4/c15-10-5-7(6-11(16)12(10)18)17-13(19)8-3-1-2-4-9(8)14(20)21/h5-6,8-9,18H,1-4H2,(H,17,19)(H,20,21). The summed E-state index contributed by atoms with van der Waals surface area (Å²) in [5.41, 5.74) is 0.336. The van der Waals surface area contributed by atoms with Gasteiger partial charge >= 0.3 is 5.97 Å². The molecule has 0 bridgehead atoms. The Morgan fingerprint density at radius 1 is 1.10 bits per heavy atom. The van der Waals surface area contributed by atoms with Crippen molar-refractivity contribution in [1.82, 2.24) is 0 Å². The largest absolute Gasteiger partial charge is 0.505 e. The molecule has 0 saturated heterocycles. The lowest BCUT2D eigenvalue weighted by Crippen LogP contribution is -2.36. The molecule has 5 nitrogen and oxygen atoms in total. The van der Waals surface area contributed by atoms with E-state index in [-0.39, 0.29) is 21.7 Å². The van der Waals surface area contributed by atoms with Crippen molar-refractivity contribution in [1.29, 1.82) is 0 Å². The van der Waals surface area contributed by atoms with Crippen LogP contribution in [0.4, 0.5) is 5.69 Å². The summed E-state index contributed by atoms with van der Waals surface area (Å²) < 4.78 is 0. The summed E-state index contributed by atoms with van der Waals surface area (Å²) in [6.45, 7) is 0. The predicted octanol–water partition coefficient (Wildman–Crippen LogP) is 3.53. The number of amides is 1. The fourth-order valence-electron chi connectivity index (χ4n) is 2.61. The van der Waals surface area contributed by atoms with Gasteiger partial charge in [-0.15, -0.1) is 0 Å². The van der Waals surface area contributed by atoms with Gasteiger partial charge in [0.25, 0.3) is 0 Å². The molecule has 21 heavy (non-hydrogen) atoms. The van der Waals surface area contributed by atoms with Crippen molar-refractivity contribution in [3.8, 4) is 5.75 Å². The number of aromatic hydroxyl groups is 1. The Kier molecular flexibility index (Phi) is 4.96. The van der Waals surface area contributed by atoms with E-state index >= 15 is 0 Å². The van der Waals surface area contributed by atoms with Crippen LogP contribution in [0.2, 0.25) is 10.0 Å². The molecule has 0 spiro atoms. The van der Waals surface area contributed by atoms with E-state index in [1.165, 1.54) is 12.1 Å². The quantitative estimate of drug-likeness (QED) is 0.739. The zero-order valence-electron chi connectivity index (χ0n) is 11.1. The summed E-state index contributed by atoms with van der Waals surface area (Å²) >= 11 is 11.6. The van der Waals surface area contributed by atoms with Gasteiger partial charge in [0.2, 0.25) is 5.91 Å². The second kappa shape index (κ2) is 6.54. The minimum Gasteiger partial charge on any atom is -0.505 e. The third-order valence-electron chi connectivity index (χ3n) is 3.70. The van der Waals surface area contributed by atoms with Crippen LogP contribution in [0.15, 0.2) is 12.1 Å². The van der Waals surface area contributed by atoms with Crippen molar-refractivity contribution < 1.29 is 19.8 Å². The summed E-state index contributed by atoms with van der Waals surface area (Å²) in [4.78, 5) is 23.5. The fourth-order valence-corrected chi connectivity index (χ4v) is 3.10. The van der Waals surface area contributed by atoms with Crippen molar-refractivity contribution >= 4 is 40.8 Å². The molecule has 0 aliphatic heterocycles. The van der Waals surface area contributed by atoms with Crippen LogP contribution in [-0.2, 0) is 9.59 Å². The Morgan fingerprint density at radius 2 is 1.62 bits per heavy atom. The zero-order valence-corrected chi connectivity index (χ0v) is 12.6. The summed E-state index contributed by atoms with van der Waals surface area (Å²) in [6.07, 6.45) is 2.70. The number of phenols is 1. The van der Waals surface area contributed by atoms with E-state index in [0.717, 1.165) is 12.8 Å². The van der Waals surface area contributed by atoms with Crippen molar-refractivity contribution in [2.45, 2.75) is 25.7 Å². The average Bonchev–Trinajstić information content (AvgIpc) is 2.44. The van der Waals surface area contributed by atoms with Crippen LogP contribution in [0.1, 0.15) is 25.7 Å². The number of carbonyl (C=O) groups excluding carboxylic acids is 1. The van der Waals surface area contributed by atoms with Gasteiger partial charge in [0.15, 0.2) is 5.75 Å². The first kappa shape index (κ1) is 15.9. The summed E-state index contributed by atoms with van der Waals surface area (Å²) in [5.74, 6) is -2.79. The molecule has 1 aromatic carbocycles. The molecule has 1 saturated carbocycles. The van der Waals surface area contributed by atoms with Gasteiger partial charge in [0, 0.05) is 5.69 Å². The lowest BCUT2D eigenvalue weighted by atomic mass is 9.78. The van der Waals surface area contributed by atoms with Gasteiger partial charge in [-0.2, -0.15) is 0 Å². The molecule has 3 N–H and O–H groups in total. The molecule has 0 radical (unpaired) electrons. The second-order valence-electron chi connectivity index (χ2n) is 5.11. The van der Waals surface area contributed by atoms with Gasteiger partial charge in [0.05, 0.1) is 21.9 Å². The first-order valence-corrected chi connectivity index (χ1v) is 7.37. The lowest BCUT2D eigenvalue weighted by Gasteiger charge is -2.27. The molecule has 2 rings (SSSR count). The van der Waals surface area contributed by atoms with Crippen LogP contribution < -0.4 is 5.32 Å². The average molecular weight is 332 g/mol. The van der Waals surface area contributed by atoms with E-state index in [0.29, 0.717) is 18.5 Å². The Bertz CT molecular complexity index is 553. The van der Waals surface area contributed by atoms with Crippen molar-refractivity contribution in [2.24, 2.45) is 11.8 Å². The maximum Gasteiger partial charge on any atom is 0.307 e. The smallest absolute Gasteiger partial charge is 0.307 e. The maximum atomic E-state index is 12.3. The number of anilines is 1. The van der Waals surface area contributed by atoms with Crippen molar-refractivity contribution in [3.05, 3.63) is 22.2 Å². The molecular weight excluding hydrogens is 317 g/mol. The van der Waals surface area contributed by atoms with Crippen LogP contribution in [0.25, 0.3) is 0 Å². The van der Waals surface area contributed by atoms with Crippen LogP contribution in [-0.4, -0.2) is 22.1 Å². The normalized spacial score (nSPS) is 21.8. The number of carboxylic acids is 1. The molecule has 1 amide bonds. The van der Waals surface area contributed by atoms with E-state index in [9.17, 15) is 19.8 Å². The van der Waals surface area contributed by atoms with Crippen LogP contribution >= 0.6 is 23.2 Å². The third kappa shape index (κ3) is 3.60. The number of phenolic OH excluding ortho intramolecular Hbond substituents is 1. The van der Waals surface area contributed by atoms with Crippen molar-refractivity contribution in [2.75, 3.05) is 5.32 Å². The molecular formula is C14H15Cl2NO4. The molecule has 1 aliphatic rings. The van der Waals surface area contributed by atoms with Gasteiger partial charge in [-0.05, 0) is 25.0 Å². The molecule has 1 aliphatic carbocycles. The number of hydrogen-bond donors (Lipinski definition) is 3. The highest BCUT2D eigenvalue weighted by Crippen LogP contribution is 2.36. The van der Waals surface area contributed by atoms with Gasteiger partial charge in [0.1, 0.15) is 0 Å². The number of halogens is 2. The van der Waals surface area contributed by atoms with Gasteiger partial charge in [-0.25, -0.2) is 0 Å². The van der Waals surface area contributed by atoms with E-state index in [1.54, 1.807) is 0 Å². The number of nitrogens with one attached hydrogen (secondary N) is 1. The first-order valence-electron chi connectivity index (χ1n) is 6.62. The maximum absolute atomic E-state index is 12.3. The fraction of sp³-hybridized carbons (Fsp3) is 0.429. The lowest BCUT2D eigenvalue weighted by molar-refractivity contribution is -0.147.